The van der Waals surface area contributed by atoms with Crippen LogP contribution in [0.15, 0.2) is 18.2 Å². The van der Waals surface area contributed by atoms with Crippen LogP contribution in [-0.4, -0.2) is 24.9 Å². The summed E-state index contributed by atoms with van der Waals surface area (Å²) in [6.45, 7) is 1.29. The van der Waals surface area contributed by atoms with Crippen molar-refractivity contribution >= 4 is 0 Å². The molecule has 5 heteroatoms. The number of hydrogen-bond donors (Lipinski definition) is 2. The molecule has 0 radical (unpaired) electrons. The highest BCUT2D eigenvalue weighted by Gasteiger charge is 2.14. The van der Waals surface area contributed by atoms with Crippen LogP contribution in [0.25, 0.3) is 0 Å². The van der Waals surface area contributed by atoms with Crippen LogP contribution in [0.5, 0.6) is 5.75 Å². The fraction of sp³-hybridized carbons (Fsp3) is 0.500. The zero-order valence-corrected chi connectivity index (χ0v) is 9.91. The van der Waals surface area contributed by atoms with E-state index >= 15 is 0 Å². The van der Waals surface area contributed by atoms with Crippen LogP contribution < -0.4 is 10.1 Å². The molecule has 0 saturated carbocycles. The first-order valence-corrected chi connectivity index (χ1v) is 5.44. The molecule has 0 bridgehead atoms. The number of benzene rings is 1. The van der Waals surface area contributed by atoms with E-state index in [-0.39, 0.29) is 18.4 Å². The maximum atomic E-state index is 12.2. The zero-order chi connectivity index (χ0) is 12.8. The van der Waals surface area contributed by atoms with Gasteiger partial charge in [-0.05, 0) is 19.9 Å². The predicted molar refractivity (Wildman–Crippen MR) is 61.3 cm³/mol. The molecule has 0 fully saturated rings. The van der Waals surface area contributed by atoms with E-state index in [9.17, 15) is 8.78 Å². The van der Waals surface area contributed by atoms with E-state index in [0.717, 1.165) is 5.56 Å². The highest BCUT2D eigenvalue weighted by molar-refractivity contribution is 5.39. The number of aryl methyl sites for hydroxylation is 1. The summed E-state index contributed by atoms with van der Waals surface area (Å²) in [5.41, 5.74) is 1.64. The lowest BCUT2D eigenvalue weighted by Crippen LogP contribution is -2.23. The highest BCUT2D eigenvalue weighted by Crippen LogP contribution is 2.27. The van der Waals surface area contributed by atoms with Gasteiger partial charge in [-0.15, -0.1) is 0 Å². The van der Waals surface area contributed by atoms with Crippen molar-refractivity contribution in [2.24, 2.45) is 0 Å². The van der Waals surface area contributed by atoms with Gasteiger partial charge < -0.3 is 15.2 Å². The van der Waals surface area contributed by atoms with Crippen molar-refractivity contribution < 1.29 is 18.6 Å². The summed E-state index contributed by atoms with van der Waals surface area (Å²) in [5, 5.41) is 11.7. The summed E-state index contributed by atoms with van der Waals surface area (Å²) < 4.78 is 28.9. The number of hydrogen-bond acceptors (Lipinski definition) is 3. The summed E-state index contributed by atoms with van der Waals surface area (Å²) >= 11 is 0. The zero-order valence-electron chi connectivity index (χ0n) is 9.91. The van der Waals surface area contributed by atoms with E-state index in [0.29, 0.717) is 12.1 Å². The second-order valence-corrected chi connectivity index (χ2v) is 3.82. The Hall–Kier alpha value is -1.20. The Morgan fingerprint density at radius 1 is 1.41 bits per heavy atom. The normalized spacial score (nSPS) is 12.8. The molecule has 17 heavy (non-hydrogen) atoms. The second-order valence-electron chi connectivity index (χ2n) is 3.82. The van der Waals surface area contributed by atoms with Crippen LogP contribution >= 0.6 is 0 Å². The number of nitrogens with one attached hydrogen (secondary N) is 1. The SMILES string of the molecule is Cc1ccc(OC(F)F)c(C(C)NCCO)c1. The molecule has 0 aliphatic rings. The fourth-order valence-electron chi connectivity index (χ4n) is 1.60. The van der Waals surface area contributed by atoms with E-state index < -0.39 is 6.61 Å². The number of rotatable bonds is 6. The Bertz CT molecular complexity index is 358. The van der Waals surface area contributed by atoms with Crippen molar-refractivity contribution in [3.8, 4) is 5.75 Å². The third kappa shape index (κ3) is 4.28. The molecular weight excluding hydrogens is 228 g/mol. The Morgan fingerprint density at radius 2 is 2.12 bits per heavy atom. The molecule has 2 N–H and O–H groups in total. The lowest BCUT2D eigenvalue weighted by atomic mass is 10.0. The first-order chi connectivity index (χ1) is 8.04. The van der Waals surface area contributed by atoms with Crippen molar-refractivity contribution in [2.45, 2.75) is 26.5 Å². The van der Waals surface area contributed by atoms with E-state index in [1.807, 2.05) is 13.8 Å². The van der Waals surface area contributed by atoms with Crippen LogP contribution in [0.2, 0.25) is 0 Å². The van der Waals surface area contributed by atoms with E-state index in [4.69, 9.17) is 5.11 Å². The Labute approximate surface area is 99.4 Å². The fourth-order valence-corrected chi connectivity index (χ4v) is 1.60. The Balaban J connectivity index is 2.89. The molecule has 0 amide bonds. The number of aliphatic hydroxyl groups excluding tert-OH is 1. The predicted octanol–water partition coefficient (Wildman–Crippen LogP) is 2.24. The van der Waals surface area contributed by atoms with Crippen LogP contribution in [-0.2, 0) is 0 Å². The van der Waals surface area contributed by atoms with Gasteiger partial charge in [0.1, 0.15) is 5.75 Å². The number of halogens is 2. The summed E-state index contributed by atoms with van der Waals surface area (Å²) in [7, 11) is 0. The third-order valence-corrected chi connectivity index (χ3v) is 2.41. The van der Waals surface area contributed by atoms with Crippen molar-refractivity contribution in [3.63, 3.8) is 0 Å². The molecular formula is C12H17F2NO2. The largest absolute Gasteiger partial charge is 0.434 e. The van der Waals surface area contributed by atoms with Gasteiger partial charge in [0.25, 0.3) is 0 Å². The van der Waals surface area contributed by atoms with Crippen molar-refractivity contribution in [2.75, 3.05) is 13.2 Å². The molecule has 0 aliphatic carbocycles. The Morgan fingerprint density at radius 3 is 2.71 bits per heavy atom. The highest BCUT2D eigenvalue weighted by atomic mass is 19.3. The maximum absolute atomic E-state index is 12.2. The number of aliphatic hydroxyl groups is 1. The van der Waals surface area contributed by atoms with Gasteiger partial charge in [0.15, 0.2) is 0 Å². The molecule has 0 spiro atoms. The van der Waals surface area contributed by atoms with Crippen molar-refractivity contribution in [1.82, 2.24) is 5.32 Å². The quantitative estimate of drug-likeness (QED) is 0.807. The topological polar surface area (TPSA) is 41.5 Å². The molecule has 1 unspecified atom stereocenters. The van der Waals surface area contributed by atoms with Gasteiger partial charge in [0, 0.05) is 18.2 Å². The lowest BCUT2D eigenvalue weighted by molar-refractivity contribution is -0.0506. The van der Waals surface area contributed by atoms with Gasteiger partial charge in [-0.3, -0.25) is 0 Å². The molecule has 0 aliphatic heterocycles. The van der Waals surface area contributed by atoms with Gasteiger partial charge in [0.05, 0.1) is 6.61 Å². The molecule has 1 rings (SSSR count). The standard InChI is InChI=1S/C12H17F2NO2/c1-8-3-4-11(17-12(13)14)10(7-8)9(2)15-5-6-16/h3-4,7,9,12,15-16H,5-6H2,1-2H3. The monoisotopic (exact) mass is 245 g/mol. The molecule has 1 atom stereocenters. The first-order valence-electron chi connectivity index (χ1n) is 5.44. The average molecular weight is 245 g/mol. The third-order valence-electron chi connectivity index (χ3n) is 2.41. The molecule has 0 aromatic heterocycles. The summed E-state index contributed by atoms with van der Waals surface area (Å²) in [4.78, 5) is 0. The summed E-state index contributed by atoms with van der Waals surface area (Å²) in [5.74, 6) is 0.170. The van der Waals surface area contributed by atoms with Gasteiger partial charge >= 0.3 is 6.61 Å². The lowest BCUT2D eigenvalue weighted by Gasteiger charge is -2.18. The molecule has 1 aromatic rings. The minimum atomic E-state index is -2.83. The molecule has 3 nitrogen and oxygen atoms in total. The number of ether oxygens (including phenoxy) is 1. The van der Waals surface area contributed by atoms with Crippen LogP contribution in [0.3, 0.4) is 0 Å². The van der Waals surface area contributed by atoms with Gasteiger partial charge in [-0.2, -0.15) is 8.78 Å². The van der Waals surface area contributed by atoms with E-state index in [1.165, 1.54) is 6.07 Å². The van der Waals surface area contributed by atoms with Crippen molar-refractivity contribution in [1.29, 1.82) is 0 Å². The molecule has 96 valence electrons. The summed E-state index contributed by atoms with van der Waals surface area (Å²) in [6.07, 6.45) is 0. The van der Waals surface area contributed by atoms with Gasteiger partial charge in [-0.1, -0.05) is 17.7 Å². The second kappa shape index (κ2) is 6.51. The van der Waals surface area contributed by atoms with E-state index in [1.54, 1.807) is 12.1 Å². The molecule has 0 heterocycles. The first kappa shape index (κ1) is 13.9. The van der Waals surface area contributed by atoms with Crippen molar-refractivity contribution in [3.05, 3.63) is 29.3 Å². The van der Waals surface area contributed by atoms with Gasteiger partial charge in [-0.25, -0.2) is 0 Å². The van der Waals surface area contributed by atoms with Crippen LogP contribution in [0.4, 0.5) is 8.78 Å². The van der Waals surface area contributed by atoms with Gasteiger partial charge in [0.2, 0.25) is 0 Å². The summed E-state index contributed by atoms with van der Waals surface area (Å²) in [6, 6.07) is 4.90. The Kier molecular flexibility index (Phi) is 5.31. The minimum Gasteiger partial charge on any atom is -0.434 e. The number of alkyl halides is 2. The van der Waals surface area contributed by atoms with Crippen LogP contribution in [0.1, 0.15) is 24.1 Å². The average Bonchev–Trinajstić information content (AvgIpc) is 2.27. The molecule has 0 saturated heterocycles. The van der Waals surface area contributed by atoms with Crippen LogP contribution in [0, 0.1) is 6.92 Å². The maximum Gasteiger partial charge on any atom is 0.387 e. The van der Waals surface area contributed by atoms with E-state index in [2.05, 4.69) is 10.1 Å². The molecule has 1 aromatic carbocycles. The minimum absolute atomic E-state index is 0.00118. The smallest absolute Gasteiger partial charge is 0.387 e.